The fraction of sp³-hybridized carbons (Fsp3) is 0.462. The smallest absolute Gasteiger partial charge is 0.418 e. The number of nitrogens with one attached hydrogen (secondary N) is 1. The third-order valence-electron chi connectivity index (χ3n) is 2.99. The lowest BCUT2D eigenvalue weighted by molar-refractivity contribution is -0.137. The van der Waals surface area contributed by atoms with Gasteiger partial charge in [-0.3, -0.25) is 4.79 Å². The number of anilines is 1. The summed E-state index contributed by atoms with van der Waals surface area (Å²) in [7, 11) is 1.27. The Labute approximate surface area is 115 Å². The zero-order chi connectivity index (χ0) is 15.5. The Morgan fingerprint density at radius 2 is 1.95 bits per heavy atom. The summed E-state index contributed by atoms with van der Waals surface area (Å²) in [4.78, 5) is 11.8. The van der Waals surface area contributed by atoms with Crippen molar-refractivity contribution in [3.05, 3.63) is 23.8 Å². The number of hydrogen-bond donors (Lipinski definition) is 2. The van der Waals surface area contributed by atoms with E-state index in [0.29, 0.717) is 0 Å². The normalized spacial score (nSPS) is 14.6. The fourth-order valence-electron chi connectivity index (χ4n) is 1.48. The molecule has 20 heavy (non-hydrogen) atoms. The van der Waals surface area contributed by atoms with Gasteiger partial charge in [0, 0.05) is 6.04 Å². The molecule has 0 saturated heterocycles. The molecule has 0 spiro atoms. The minimum atomic E-state index is -4.59. The van der Waals surface area contributed by atoms with E-state index in [4.69, 9.17) is 10.5 Å². The van der Waals surface area contributed by atoms with Gasteiger partial charge in [0.25, 0.3) is 0 Å². The van der Waals surface area contributed by atoms with Crippen molar-refractivity contribution in [3.8, 4) is 5.75 Å². The van der Waals surface area contributed by atoms with Crippen LogP contribution in [0.4, 0.5) is 18.9 Å². The first-order valence-corrected chi connectivity index (χ1v) is 5.98. The zero-order valence-electron chi connectivity index (χ0n) is 11.4. The Kier molecular flexibility index (Phi) is 4.99. The summed E-state index contributed by atoms with van der Waals surface area (Å²) in [6, 6.07) is 2.89. The number of amides is 1. The van der Waals surface area contributed by atoms with Gasteiger partial charge in [-0.1, -0.05) is 6.92 Å². The number of ether oxygens (including phenoxy) is 1. The Hall–Kier alpha value is -1.76. The highest BCUT2D eigenvalue weighted by Crippen LogP contribution is 2.37. The summed E-state index contributed by atoms with van der Waals surface area (Å²) < 4.78 is 43.6. The van der Waals surface area contributed by atoms with Crippen LogP contribution in [-0.4, -0.2) is 19.1 Å². The molecule has 1 rings (SSSR count). The quantitative estimate of drug-likeness (QED) is 0.896. The van der Waals surface area contributed by atoms with E-state index in [9.17, 15) is 18.0 Å². The van der Waals surface area contributed by atoms with Gasteiger partial charge in [-0.15, -0.1) is 0 Å². The second kappa shape index (κ2) is 6.13. The summed E-state index contributed by atoms with van der Waals surface area (Å²) in [5, 5.41) is 2.25. The summed E-state index contributed by atoms with van der Waals surface area (Å²) >= 11 is 0. The van der Waals surface area contributed by atoms with E-state index in [1.807, 2.05) is 0 Å². The van der Waals surface area contributed by atoms with Gasteiger partial charge in [0.05, 0.1) is 24.3 Å². The number of hydrogen-bond acceptors (Lipinski definition) is 3. The van der Waals surface area contributed by atoms with Crippen molar-refractivity contribution in [1.82, 2.24) is 0 Å². The first kappa shape index (κ1) is 16.3. The molecule has 112 valence electrons. The van der Waals surface area contributed by atoms with Gasteiger partial charge in [-0.05, 0) is 25.1 Å². The first-order chi connectivity index (χ1) is 9.16. The van der Waals surface area contributed by atoms with Crippen LogP contribution in [0.1, 0.15) is 19.4 Å². The molecule has 0 aliphatic carbocycles. The maximum absolute atomic E-state index is 12.9. The van der Waals surface area contributed by atoms with Crippen LogP contribution < -0.4 is 15.8 Å². The van der Waals surface area contributed by atoms with E-state index in [2.05, 4.69) is 5.32 Å². The number of alkyl halides is 3. The highest BCUT2D eigenvalue weighted by molar-refractivity contribution is 5.93. The van der Waals surface area contributed by atoms with Gasteiger partial charge in [-0.25, -0.2) is 0 Å². The number of nitrogens with two attached hydrogens (primary N) is 1. The molecule has 2 unspecified atom stereocenters. The summed E-state index contributed by atoms with van der Waals surface area (Å²) in [5.41, 5.74) is 4.29. The molecule has 4 nitrogen and oxygen atoms in total. The van der Waals surface area contributed by atoms with Crippen LogP contribution in [0.5, 0.6) is 5.75 Å². The van der Waals surface area contributed by atoms with Crippen molar-refractivity contribution < 1.29 is 22.7 Å². The van der Waals surface area contributed by atoms with Crippen LogP contribution in [0.2, 0.25) is 0 Å². The molecule has 0 aromatic heterocycles. The fourth-order valence-corrected chi connectivity index (χ4v) is 1.48. The lowest BCUT2D eigenvalue weighted by Gasteiger charge is -2.18. The maximum atomic E-state index is 12.9. The van der Waals surface area contributed by atoms with Gasteiger partial charge in [0.15, 0.2) is 0 Å². The Bertz CT molecular complexity index is 487. The number of carbonyl (C=O) groups is 1. The van der Waals surface area contributed by atoms with Crippen molar-refractivity contribution in [2.45, 2.75) is 26.1 Å². The third kappa shape index (κ3) is 3.86. The molecule has 1 aromatic carbocycles. The lowest BCUT2D eigenvalue weighted by Crippen LogP contribution is -2.34. The predicted octanol–water partition coefficient (Wildman–Crippen LogP) is 2.64. The van der Waals surface area contributed by atoms with Crippen LogP contribution in [-0.2, 0) is 11.0 Å². The molecular formula is C13H17F3N2O2. The van der Waals surface area contributed by atoms with Crippen LogP contribution in [0, 0.1) is 5.92 Å². The molecular weight excluding hydrogens is 273 g/mol. The minimum Gasteiger partial charge on any atom is -0.497 e. The molecule has 0 saturated carbocycles. The SMILES string of the molecule is COc1ccc(NC(=O)C(C)C(C)N)c(C(F)(F)F)c1. The third-order valence-corrected chi connectivity index (χ3v) is 2.99. The molecule has 0 aliphatic rings. The van der Waals surface area contributed by atoms with E-state index < -0.39 is 29.6 Å². The van der Waals surface area contributed by atoms with Crippen LogP contribution in [0.25, 0.3) is 0 Å². The second-order valence-electron chi connectivity index (χ2n) is 4.55. The Morgan fingerprint density at radius 3 is 2.40 bits per heavy atom. The van der Waals surface area contributed by atoms with Crippen molar-refractivity contribution in [3.63, 3.8) is 0 Å². The van der Waals surface area contributed by atoms with Gasteiger partial charge < -0.3 is 15.8 Å². The van der Waals surface area contributed by atoms with Gasteiger partial charge >= 0.3 is 6.18 Å². The summed E-state index contributed by atoms with van der Waals surface area (Å²) in [5.74, 6) is -1.09. The molecule has 0 radical (unpaired) electrons. The van der Waals surface area contributed by atoms with E-state index in [1.54, 1.807) is 13.8 Å². The number of rotatable bonds is 4. The van der Waals surface area contributed by atoms with E-state index in [-0.39, 0.29) is 11.4 Å². The number of methoxy groups -OCH3 is 1. The monoisotopic (exact) mass is 290 g/mol. The topological polar surface area (TPSA) is 64.3 Å². The predicted molar refractivity (Wildman–Crippen MR) is 69.4 cm³/mol. The van der Waals surface area contributed by atoms with Gasteiger partial charge in [-0.2, -0.15) is 13.2 Å². The Balaban J connectivity index is 3.09. The van der Waals surface area contributed by atoms with Crippen molar-refractivity contribution in [2.75, 3.05) is 12.4 Å². The average Bonchev–Trinajstić information content (AvgIpc) is 2.36. The molecule has 1 amide bonds. The standard InChI is InChI=1S/C13H17F3N2O2/c1-7(8(2)17)12(19)18-11-5-4-9(20-3)6-10(11)13(14,15)16/h4-8H,17H2,1-3H3,(H,18,19). The van der Waals surface area contributed by atoms with Crippen LogP contribution in [0.15, 0.2) is 18.2 Å². The van der Waals surface area contributed by atoms with Crippen molar-refractivity contribution in [1.29, 1.82) is 0 Å². The lowest BCUT2D eigenvalue weighted by atomic mass is 10.0. The highest BCUT2D eigenvalue weighted by Gasteiger charge is 2.35. The van der Waals surface area contributed by atoms with E-state index in [1.165, 1.54) is 13.2 Å². The number of benzene rings is 1. The van der Waals surface area contributed by atoms with Crippen molar-refractivity contribution >= 4 is 11.6 Å². The summed E-state index contributed by atoms with van der Waals surface area (Å²) in [6.07, 6.45) is -4.59. The molecule has 2 atom stereocenters. The zero-order valence-corrected chi connectivity index (χ0v) is 11.4. The average molecular weight is 290 g/mol. The Morgan fingerprint density at radius 1 is 1.35 bits per heavy atom. The maximum Gasteiger partial charge on any atom is 0.418 e. The molecule has 3 N–H and O–H groups in total. The minimum absolute atomic E-state index is 0.0653. The molecule has 0 aliphatic heterocycles. The summed E-state index contributed by atoms with van der Waals surface area (Å²) in [6.45, 7) is 3.17. The molecule has 0 bridgehead atoms. The van der Waals surface area contributed by atoms with Crippen molar-refractivity contribution in [2.24, 2.45) is 11.7 Å². The van der Waals surface area contributed by atoms with Gasteiger partial charge in [0.1, 0.15) is 5.75 Å². The first-order valence-electron chi connectivity index (χ1n) is 5.98. The molecule has 1 aromatic rings. The van der Waals surface area contributed by atoms with E-state index >= 15 is 0 Å². The molecule has 0 fully saturated rings. The van der Waals surface area contributed by atoms with Crippen LogP contribution >= 0.6 is 0 Å². The highest BCUT2D eigenvalue weighted by atomic mass is 19.4. The van der Waals surface area contributed by atoms with E-state index in [0.717, 1.165) is 12.1 Å². The second-order valence-corrected chi connectivity index (χ2v) is 4.55. The molecule has 0 heterocycles. The largest absolute Gasteiger partial charge is 0.497 e. The molecule has 7 heteroatoms. The number of carbonyl (C=O) groups excluding carboxylic acids is 1. The van der Waals surface area contributed by atoms with Crippen LogP contribution in [0.3, 0.4) is 0 Å². The number of halogens is 3. The van der Waals surface area contributed by atoms with Gasteiger partial charge in [0.2, 0.25) is 5.91 Å².